The maximum Gasteiger partial charge on any atom is 0.0383 e. The highest BCUT2D eigenvalue weighted by molar-refractivity contribution is 5.60. The van der Waals surface area contributed by atoms with Gasteiger partial charge < -0.3 is 43.4 Å². The fraction of sp³-hybridized carbons (Fsp3) is 0.333. The van der Waals surface area contributed by atoms with Crippen LogP contribution in [0, 0.1) is 0 Å². The fourth-order valence-corrected chi connectivity index (χ4v) is 0. The topological polar surface area (TPSA) is 213 Å². The monoisotopic (exact) mass is 173 g/mol. The fourth-order valence-electron chi connectivity index (χ4n) is 0. The maximum absolute atomic E-state index is 8.89. The lowest BCUT2D eigenvalue weighted by atomic mass is 10.9. The van der Waals surface area contributed by atoms with Crippen molar-refractivity contribution in [3.63, 3.8) is 0 Å². The van der Waals surface area contributed by atoms with Crippen LogP contribution < -0.4 is 33.8 Å². The van der Waals surface area contributed by atoms with Crippen LogP contribution in [-0.4, -0.2) is 12.1 Å². The molecule has 0 aliphatic carbocycles. The average Bonchev–Trinajstić information content (AvgIpc) is 1.25. The number of carboxylic acids is 1. The molecule has 0 unspecified atom stereocenters. The zero-order chi connectivity index (χ0) is 7.15. The van der Waals surface area contributed by atoms with Gasteiger partial charge in [0.1, 0.15) is 0 Å². The van der Waals surface area contributed by atoms with Gasteiger partial charge in [0.15, 0.2) is 0 Å². The minimum absolute atomic E-state index is 0. The second-order valence-corrected chi connectivity index (χ2v) is 0.742. The van der Waals surface area contributed by atoms with E-state index in [-0.39, 0.29) is 18.5 Å². The third-order valence-electron chi connectivity index (χ3n) is 0. The van der Waals surface area contributed by atoms with Crippen LogP contribution in [0.5, 0.6) is 0 Å². The lowest BCUT2D eigenvalue weighted by Gasteiger charge is -1.96. The standard InChI is InChI=1S/C2H4O2.CH2O3.3H3N/c1-2(3)4;2-1(3)4;;;/h1H3,(H,3,4);(H2,2,3,4);3*1H3. The molecule has 0 aromatic carbocycles. The van der Waals surface area contributed by atoms with E-state index in [4.69, 9.17) is 24.9 Å². The Morgan fingerprint density at radius 2 is 0.909 bits per heavy atom. The molecule has 72 valence electrons. The van der Waals surface area contributed by atoms with Gasteiger partial charge in [0.2, 0.25) is 0 Å². The van der Waals surface area contributed by atoms with E-state index >= 15 is 0 Å². The molecule has 0 aliphatic heterocycles. The predicted molar refractivity (Wildman–Crippen MR) is 34.0 cm³/mol. The molecule has 12 N–H and O–H groups in total. The molecule has 0 rings (SSSR count). The van der Waals surface area contributed by atoms with Gasteiger partial charge in [-0.15, -0.1) is 0 Å². The maximum atomic E-state index is 8.89. The van der Waals surface area contributed by atoms with Gasteiger partial charge in [-0.05, 0) is 13.1 Å². The van der Waals surface area contributed by atoms with E-state index in [1.165, 1.54) is 0 Å². The van der Waals surface area contributed by atoms with Crippen molar-refractivity contribution in [3.05, 3.63) is 0 Å². The zero-order valence-electron chi connectivity index (χ0n) is 7.04. The van der Waals surface area contributed by atoms with E-state index in [0.29, 0.717) is 0 Å². The SMILES string of the molecule is CC(=O)[O-].O=C([O-])[O-].[NH4+].[NH4+].[NH4+]. The highest BCUT2D eigenvalue weighted by Gasteiger charge is 1.46. The molecule has 0 bridgehead atoms. The lowest BCUT2D eigenvalue weighted by Crippen LogP contribution is -2.37. The number of carbonyl (C=O) groups is 2. The molecular formula is C3H15N3O5. The van der Waals surface area contributed by atoms with Crippen molar-refractivity contribution < 1.29 is 24.9 Å². The van der Waals surface area contributed by atoms with E-state index in [9.17, 15) is 0 Å². The van der Waals surface area contributed by atoms with Crippen molar-refractivity contribution in [3.8, 4) is 0 Å². The smallest absolute Gasteiger partial charge is 0.0383 e. The van der Waals surface area contributed by atoms with Gasteiger partial charge >= 0.3 is 0 Å². The average molecular weight is 173 g/mol. The number of rotatable bonds is 0. The third kappa shape index (κ3) is 198. The molecular weight excluding hydrogens is 158 g/mol. The summed E-state index contributed by atoms with van der Waals surface area (Å²) in [6, 6.07) is 0. The van der Waals surface area contributed by atoms with Crippen LogP contribution in [0.4, 0.5) is 4.79 Å². The number of carboxylic acid groups (broad SMARTS) is 3. The second-order valence-electron chi connectivity index (χ2n) is 0.742. The number of hydrogen-bond acceptors (Lipinski definition) is 5. The highest BCUT2D eigenvalue weighted by atomic mass is 16.6. The summed E-state index contributed by atoms with van der Waals surface area (Å²) < 4.78 is 0. The van der Waals surface area contributed by atoms with Gasteiger partial charge in [-0.25, -0.2) is 0 Å². The summed E-state index contributed by atoms with van der Waals surface area (Å²) in [5.74, 6) is -1.08. The van der Waals surface area contributed by atoms with E-state index in [1.807, 2.05) is 0 Å². The largest absolute Gasteiger partial charge is 0.652 e. The van der Waals surface area contributed by atoms with Crippen LogP contribution in [0.2, 0.25) is 0 Å². The van der Waals surface area contributed by atoms with Crippen LogP contribution in [-0.2, 0) is 4.79 Å². The first-order chi connectivity index (χ1) is 3.46. The summed E-state index contributed by atoms with van der Waals surface area (Å²) in [7, 11) is 0. The van der Waals surface area contributed by atoms with E-state index in [1.54, 1.807) is 0 Å². The summed E-state index contributed by atoms with van der Waals surface area (Å²) in [5.41, 5.74) is 0. The molecule has 11 heavy (non-hydrogen) atoms. The van der Waals surface area contributed by atoms with Crippen molar-refractivity contribution >= 4 is 12.1 Å². The molecule has 8 heteroatoms. The normalized spacial score (nSPS) is 4.45. The number of carbonyl (C=O) groups excluding carboxylic acids is 2. The molecule has 0 saturated heterocycles. The Balaban J connectivity index is -0.0000000171. The molecule has 0 fully saturated rings. The van der Waals surface area contributed by atoms with Crippen molar-refractivity contribution in [2.75, 3.05) is 0 Å². The van der Waals surface area contributed by atoms with E-state index < -0.39 is 12.1 Å². The van der Waals surface area contributed by atoms with Gasteiger partial charge in [0.25, 0.3) is 0 Å². The number of aliphatic carboxylic acids is 1. The first-order valence-electron chi connectivity index (χ1n) is 1.52. The molecule has 0 aromatic rings. The Hall–Kier alpha value is -1.38. The van der Waals surface area contributed by atoms with Gasteiger partial charge in [-0.3, -0.25) is 0 Å². The molecule has 0 heterocycles. The Morgan fingerprint density at radius 1 is 0.909 bits per heavy atom. The second kappa shape index (κ2) is 23.4. The third-order valence-corrected chi connectivity index (χ3v) is 0. The quantitative estimate of drug-likeness (QED) is 0.359. The van der Waals surface area contributed by atoms with Crippen LogP contribution in [0.1, 0.15) is 6.92 Å². The van der Waals surface area contributed by atoms with E-state index in [2.05, 4.69) is 0 Å². The van der Waals surface area contributed by atoms with Crippen LogP contribution >= 0.6 is 0 Å². The minimum atomic E-state index is -2.33. The molecule has 0 aliphatic rings. The number of hydrogen-bond donors (Lipinski definition) is 3. The summed E-state index contributed by atoms with van der Waals surface area (Å²) in [5, 5.41) is 25.6. The molecule has 0 spiro atoms. The minimum Gasteiger partial charge on any atom is -0.652 e. The first kappa shape index (κ1) is 33.5. The molecule has 0 atom stereocenters. The van der Waals surface area contributed by atoms with Gasteiger partial charge in [0.05, 0.1) is 0 Å². The molecule has 0 saturated carbocycles. The predicted octanol–water partition coefficient (Wildman–Crippen LogP) is -2.56. The van der Waals surface area contributed by atoms with Gasteiger partial charge in [-0.1, -0.05) is 0 Å². The van der Waals surface area contributed by atoms with Crippen molar-refractivity contribution in [2.45, 2.75) is 6.92 Å². The van der Waals surface area contributed by atoms with Crippen LogP contribution in [0.15, 0.2) is 0 Å². The molecule has 0 amide bonds. The zero-order valence-corrected chi connectivity index (χ0v) is 7.04. The van der Waals surface area contributed by atoms with Crippen molar-refractivity contribution in [1.29, 1.82) is 0 Å². The Labute approximate surface area is 63.6 Å². The Kier molecular flexibility index (Phi) is 71.4. The Morgan fingerprint density at radius 3 is 0.909 bits per heavy atom. The van der Waals surface area contributed by atoms with Crippen molar-refractivity contribution in [1.82, 2.24) is 18.5 Å². The highest BCUT2D eigenvalue weighted by Crippen LogP contribution is 1.31. The summed E-state index contributed by atoms with van der Waals surface area (Å²) in [6.45, 7) is 0.972. The van der Waals surface area contributed by atoms with Crippen molar-refractivity contribution in [2.24, 2.45) is 0 Å². The van der Waals surface area contributed by atoms with Crippen LogP contribution in [0.25, 0.3) is 0 Å². The number of quaternary nitrogens is 3. The summed E-state index contributed by atoms with van der Waals surface area (Å²) >= 11 is 0. The molecule has 0 aromatic heterocycles. The summed E-state index contributed by atoms with van der Waals surface area (Å²) in [4.78, 5) is 17.2. The van der Waals surface area contributed by atoms with E-state index in [0.717, 1.165) is 6.92 Å². The summed E-state index contributed by atoms with van der Waals surface area (Å²) in [6.07, 6.45) is -2.33. The van der Waals surface area contributed by atoms with Crippen LogP contribution in [0.3, 0.4) is 0 Å². The first-order valence-corrected chi connectivity index (χ1v) is 1.52. The molecule has 8 nitrogen and oxygen atoms in total. The van der Waals surface area contributed by atoms with Gasteiger partial charge in [-0.2, -0.15) is 0 Å². The molecule has 0 radical (unpaired) electrons. The lowest BCUT2D eigenvalue weighted by molar-refractivity contribution is -0.415. The Bertz CT molecular complexity index is 75.0. The van der Waals surface area contributed by atoms with Gasteiger partial charge in [0, 0.05) is 5.97 Å².